The molecule has 0 aliphatic carbocycles. The number of hydrogen-bond donors (Lipinski definition) is 2. The molecule has 2 N–H and O–H groups in total. The first-order chi connectivity index (χ1) is 12.4. The van der Waals surface area contributed by atoms with E-state index in [4.69, 9.17) is 0 Å². The molecule has 0 radical (unpaired) electrons. The largest absolute Gasteiger partial charge is 0.401 e. The summed E-state index contributed by atoms with van der Waals surface area (Å²) in [6.07, 6.45) is 0.498. The average Bonchev–Trinajstić information content (AvgIpc) is 2.99. The number of guanidine groups is 1. The molecule has 2 heterocycles. The summed E-state index contributed by atoms with van der Waals surface area (Å²) in [5, 5.41) is 6.52. The second kappa shape index (κ2) is 10.3. The molecule has 0 amide bonds. The van der Waals surface area contributed by atoms with Gasteiger partial charge in [0.2, 0.25) is 0 Å². The van der Waals surface area contributed by atoms with Gasteiger partial charge in [-0.05, 0) is 45.2 Å². The third-order valence-electron chi connectivity index (χ3n) is 4.94. The molecule has 2 atom stereocenters. The van der Waals surface area contributed by atoms with Gasteiger partial charge in [-0.15, -0.1) is 0 Å². The van der Waals surface area contributed by atoms with Crippen molar-refractivity contribution in [2.24, 2.45) is 10.9 Å². The Bertz CT molecular complexity index is 435. The summed E-state index contributed by atoms with van der Waals surface area (Å²) in [5.74, 6) is 1.19. The van der Waals surface area contributed by atoms with Crippen molar-refractivity contribution >= 4 is 5.96 Å². The molecule has 0 aromatic carbocycles. The monoisotopic (exact) mass is 377 g/mol. The number of rotatable bonds is 7. The Labute approximate surface area is 155 Å². The van der Waals surface area contributed by atoms with E-state index in [1.54, 1.807) is 0 Å². The molecule has 26 heavy (non-hydrogen) atoms. The minimum Gasteiger partial charge on any atom is -0.357 e. The standard InChI is InChI=1S/C18H34F3N5/c1-3-22-17(23-11-15(2)12-25-8-5-4-6-9-25)24-16-7-10-26(13-16)14-18(19,20)21/h15-16H,3-14H2,1-2H3,(H2,22,23,24). The van der Waals surface area contributed by atoms with Gasteiger partial charge in [-0.1, -0.05) is 13.3 Å². The third-order valence-corrected chi connectivity index (χ3v) is 4.94. The normalized spacial score (nSPS) is 24.7. The van der Waals surface area contributed by atoms with E-state index in [0.717, 1.165) is 25.6 Å². The number of nitrogens with one attached hydrogen (secondary N) is 2. The van der Waals surface area contributed by atoms with Gasteiger partial charge in [-0.25, -0.2) is 0 Å². The highest BCUT2D eigenvalue weighted by Gasteiger charge is 2.34. The molecule has 2 fully saturated rings. The second-order valence-corrected chi connectivity index (χ2v) is 7.67. The van der Waals surface area contributed by atoms with E-state index in [2.05, 4.69) is 27.4 Å². The summed E-state index contributed by atoms with van der Waals surface area (Å²) in [6, 6.07) is 0.0209. The van der Waals surface area contributed by atoms with Crippen LogP contribution in [0, 0.1) is 5.92 Å². The second-order valence-electron chi connectivity index (χ2n) is 7.67. The molecule has 0 aromatic heterocycles. The number of hydrogen-bond acceptors (Lipinski definition) is 3. The number of likely N-dealkylation sites (tertiary alicyclic amines) is 2. The van der Waals surface area contributed by atoms with Crippen molar-refractivity contribution in [2.75, 3.05) is 52.4 Å². The van der Waals surface area contributed by atoms with Crippen LogP contribution in [0.2, 0.25) is 0 Å². The first-order valence-electron chi connectivity index (χ1n) is 9.92. The van der Waals surface area contributed by atoms with Crippen molar-refractivity contribution in [3.8, 4) is 0 Å². The highest BCUT2D eigenvalue weighted by atomic mass is 19.4. The van der Waals surface area contributed by atoms with Crippen molar-refractivity contribution < 1.29 is 13.2 Å². The van der Waals surface area contributed by atoms with Crippen LogP contribution in [0.15, 0.2) is 4.99 Å². The summed E-state index contributed by atoms with van der Waals surface area (Å²) in [7, 11) is 0. The highest BCUT2D eigenvalue weighted by Crippen LogP contribution is 2.20. The van der Waals surface area contributed by atoms with Crippen molar-refractivity contribution in [3.05, 3.63) is 0 Å². The molecule has 2 saturated heterocycles. The Balaban J connectivity index is 1.77. The van der Waals surface area contributed by atoms with Gasteiger partial charge < -0.3 is 15.5 Å². The lowest BCUT2D eigenvalue weighted by atomic mass is 10.1. The molecule has 2 unspecified atom stereocenters. The minimum atomic E-state index is -4.13. The van der Waals surface area contributed by atoms with Crippen LogP contribution in [0.5, 0.6) is 0 Å². The maximum Gasteiger partial charge on any atom is 0.401 e. The van der Waals surface area contributed by atoms with Crippen molar-refractivity contribution in [1.82, 2.24) is 20.4 Å². The van der Waals surface area contributed by atoms with Crippen molar-refractivity contribution in [1.29, 1.82) is 0 Å². The average molecular weight is 377 g/mol. The SMILES string of the molecule is CCNC(=NCC(C)CN1CCCCC1)NC1CCN(CC(F)(F)F)C1. The van der Waals surface area contributed by atoms with Crippen LogP contribution < -0.4 is 10.6 Å². The number of halogens is 3. The Morgan fingerprint density at radius 1 is 1.15 bits per heavy atom. The Kier molecular flexibility index (Phi) is 8.47. The highest BCUT2D eigenvalue weighted by molar-refractivity contribution is 5.80. The van der Waals surface area contributed by atoms with Crippen LogP contribution >= 0.6 is 0 Å². The van der Waals surface area contributed by atoms with E-state index in [1.807, 2.05) is 6.92 Å². The fourth-order valence-corrected chi connectivity index (χ4v) is 3.75. The van der Waals surface area contributed by atoms with Gasteiger partial charge in [0.05, 0.1) is 6.54 Å². The quantitative estimate of drug-likeness (QED) is 0.528. The molecule has 8 heteroatoms. The van der Waals surface area contributed by atoms with Crippen LogP contribution in [0.25, 0.3) is 0 Å². The molecule has 0 saturated carbocycles. The van der Waals surface area contributed by atoms with E-state index >= 15 is 0 Å². The van der Waals surface area contributed by atoms with E-state index in [1.165, 1.54) is 37.3 Å². The molecule has 0 bridgehead atoms. The summed E-state index contributed by atoms with van der Waals surface area (Å²) < 4.78 is 37.6. The smallest absolute Gasteiger partial charge is 0.357 e. The van der Waals surface area contributed by atoms with E-state index in [-0.39, 0.29) is 6.04 Å². The molecular weight excluding hydrogens is 343 g/mol. The molecule has 0 spiro atoms. The molecule has 0 aromatic rings. The maximum atomic E-state index is 12.5. The predicted molar refractivity (Wildman–Crippen MR) is 99.5 cm³/mol. The summed E-state index contributed by atoms with van der Waals surface area (Å²) in [4.78, 5) is 8.64. The van der Waals surface area contributed by atoms with E-state index < -0.39 is 12.7 Å². The zero-order valence-electron chi connectivity index (χ0n) is 16.1. The molecular formula is C18H34F3N5. The van der Waals surface area contributed by atoms with Crippen molar-refractivity contribution in [3.63, 3.8) is 0 Å². The predicted octanol–water partition coefficient (Wildman–Crippen LogP) is 2.30. The summed E-state index contributed by atoms with van der Waals surface area (Å²) in [5.41, 5.74) is 0. The fourth-order valence-electron chi connectivity index (χ4n) is 3.75. The van der Waals surface area contributed by atoms with Crippen LogP contribution in [0.4, 0.5) is 13.2 Å². The minimum absolute atomic E-state index is 0.0209. The van der Waals surface area contributed by atoms with E-state index in [9.17, 15) is 13.2 Å². The number of piperidine rings is 1. The zero-order valence-corrected chi connectivity index (χ0v) is 16.1. The lowest BCUT2D eigenvalue weighted by Crippen LogP contribution is -2.45. The summed E-state index contributed by atoms with van der Waals surface area (Å²) in [6.45, 7) is 9.16. The van der Waals surface area contributed by atoms with Crippen molar-refractivity contribution in [2.45, 2.75) is 51.7 Å². The van der Waals surface area contributed by atoms with Gasteiger partial charge in [-0.3, -0.25) is 9.89 Å². The third kappa shape index (κ3) is 8.12. The number of aliphatic imine (C=N–C) groups is 1. The van der Waals surface area contributed by atoms with Gasteiger partial charge in [0.1, 0.15) is 0 Å². The van der Waals surface area contributed by atoms with Gasteiger partial charge in [0.25, 0.3) is 0 Å². The van der Waals surface area contributed by atoms with Crippen LogP contribution in [-0.4, -0.2) is 80.3 Å². The number of nitrogens with zero attached hydrogens (tertiary/aromatic N) is 3. The lowest BCUT2D eigenvalue weighted by molar-refractivity contribution is -0.143. The van der Waals surface area contributed by atoms with Crippen LogP contribution in [-0.2, 0) is 0 Å². The van der Waals surface area contributed by atoms with Gasteiger partial charge >= 0.3 is 6.18 Å². The zero-order chi connectivity index (χ0) is 19.0. The number of alkyl halides is 3. The topological polar surface area (TPSA) is 42.9 Å². The Morgan fingerprint density at radius 3 is 2.54 bits per heavy atom. The molecule has 2 aliphatic rings. The fraction of sp³-hybridized carbons (Fsp3) is 0.944. The molecule has 152 valence electrons. The van der Waals surface area contributed by atoms with Gasteiger partial charge in [0.15, 0.2) is 5.96 Å². The lowest BCUT2D eigenvalue weighted by Gasteiger charge is -2.28. The first kappa shape index (κ1) is 21.3. The maximum absolute atomic E-state index is 12.5. The van der Waals surface area contributed by atoms with Gasteiger partial charge in [0, 0.05) is 38.8 Å². The molecule has 5 nitrogen and oxygen atoms in total. The van der Waals surface area contributed by atoms with Gasteiger partial charge in [-0.2, -0.15) is 13.2 Å². The first-order valence-corrected chi connectivity index (χ1v) is 9.92. The Hall–Kier alpha value is -1.02. The Morgan fingerprint density at radius 2 is 1.88 bits per heavy atom. The van der Waals surface area contributed by atoms with E-state index in [0.29, 0.717) is 25.4 Å². The molecule has 2 aliphatic heterocycles. The van der Waals surface area contributed by atoms with Crippen LogP contribution in [0.1, 0.15) is 39.5 Å². The van der Waals surface area contributed by atoms with Crippen LogP contribution in [0.3, 0.4) is 0 Å². The summed E-state index contributed by atoms with van der Waals surface area (Å²) >= 11 is 0. The molecule has 2 rings (SSSR count).